The Morgan fingerprint density at radius 1 is 1.00 bits per heavy atom. The number of nitrogens with one attached hydrogen (secondary N) is 2. The number of hydrogen-bond acceptors (Lipinski definition) is 3. The van der Waals surface area contributed by atoms with Gasteiger partial charge in [-0.1, -0.05) is 49.6 Å². The average Bonchev–Trinajstić information content (AvgIpc) is 3.35. The number of benzene rings is 3. The number of fused-ring (bicyclic) bond motifs is 1. The number of aromatic amines is 1. The highest BCUT2D eigenvalue weighted by Crippen LogP contribution is 2.32. The summed E-state index contributed by atoms with van der Waals surface area (Å²) in [5.74, 6) is -0.274. The van der Waals surface area contributed by atoms with Crippen LogP contribution in [-0.2, 0) is 16.0 Å². The molecule has 6 nitrogen and oxygen atoms in total. The molecule has 0 spiro atoms. The zero-order chi connectivity index (χ0) is 26.5. The molecule has 38 heavy (non-hydrogen) atoms. The van der Waals surface area contributed by atoms with E-state index < -0.39 is 11.9 Å². The quantitative estimate of drug-likeness (QED) is 0.300. The number of methoxy groups -OCH3 is 1. The molecular formula is C31H32FN3O3. The number of amides is 2. The van der Waals surface area contributed by atoms with E-state index in [4.69, 9.17) is 4.74 Å². The molecular weight excluding hydrogens is 481 g/mol. The lowest BCUT2D eigenvalue weighted by Gasteiger charge is -2.33. The molecule has 1 aliphatic carbocycles. The van der Waals surface area contributed by atoms with E-state index in [0.29, 0.717) is 17.0 Å². The molecule has 4 aromatic rings. The zero-order valence-electron chi connectivity index (χ0n) is 21.5. The fraction of sp³-hybridized carbons (Fsp3) is 0.290. The molecule has 1 aromatic heterocycles. The third-order valence-corrected chi connectivity index (χ3v) is 7.28. The van der Waals surface area contributed by atoms with E-state index in [1.165, 1.54) is 17.0 Å². The number of nitrogens with zero attached hydrogens (tertiary/aromatic N) is 1. The van der Waals surface area contributed by atoms with Crippen LogP contribution < -0.4 is 15.0 Å². The Morgan fingerprint density at radius 2 is 1.71 bits per heavy atom. The molecule has 3 aromatic carbocycles. The van der Waals surface area contributed by atoms with E-state index in [0.717, 1.165) is 48.6 Å². The second-order valence-electron chi connectivity index (χ2n) is 9.80. The number of hydrogen-bond donors (Lipinski definition) is 2. The minimum absolute atomic E-state index is 0.0561. The molecule has 196 valence electrons. The molecule has 0 saturated heterocycles. The summed E-state index contributed by atoms with van der Waals surface area (Å²) in [4.78, 5) is 32.8. The first-order chi connectivity index (χ1) is 18.5. The lowest BCUT2D eigenvalue weighted by molar-refractivity contribution is -0.127. The van der Waals surface area contributed by atoms with E-state index in [2.05, 4.69) is 10.3 Å². The van der Waals surface area contributed by atoms with Crippen molar-refractivity contribution < 1.29 is 18.7 Å². The lowest BCUT2D eigenvalue weighted by Crippen LogP contribution is -2.47. The predicted octanol–water partition coefficient (Wildman–Crippen LogP) is 6.08. The van der Waals surface area contributed by atoms with Crippen LogP contribution in [0.25, 0.3) is 10.9 Å². The molecule has 0 bridgehead atoms. The maximum Gasteiger partial charge on any atom is 0.248 e. The summed E-state index contributed by atoms with van der Waals surface area (Å²) in [6, 6.07) is 19.8. The van der Waals surface area contributed by atoms with Crippen molar-refractivity contribution in [2.75, 3.05) is 12.0 Å². The van der Waals surface area contributed by atoms with Crippen molar-refractivity contribution in [1.29, 1.82) is 0 Å². The maximum atomic E-state index is 14.1. The molecule has 2 N–H and O–H groups in total. The average molecular weight is 514 g/mol. The van der Waals surface area contributed by atoms with Gasteiger partial charge in [0, 0.05) is 28.8 Å². The van der Waals surface area contributed by atoms with E-state index in [9.17, 15) is 14.0 Å². The molecule has 1 saturated carbocycles. The molecule has 0 radical (unpaired) electrons. The highest BCUT2D eigenvalue weighted by molar-refractivity contribution is 6.03. The first-order valence-corrected chi connectivity index (χ1v) is 13.1. The molecule has 1 heterocycles. The standard InChI is InChI=1S/C31H32FN3O3/c1-38-26-17-15-25(16-18-26)35(29(36)19-22-20-33-28-10-6-5-9-27(22)28)30(21-11-13-23(32)14-12-21)31(37)34-24-7-3-2-4-8-24/h5-6,9-18,20,24,30,33H,2-4,7-8,19H2,1H3,(H,34,37)/t30-/m1/s1. The number of ether oxygens (including phenoxy) is 1. The second-order valence-corrected chi connectivity index (χ2v) is 9.80. The fourth-order valence-corrected chi connectivity index (χ4v) is 5.30. The van der Waals surface area contributed by atoms with Crippen molar-refractivity contribution in [3.63, 3.8) is 0 Å². The molecule has 1 aliphatic rings. The van der Waals surface area contributed by atoms with E-state index in [-0.39, 0.29) is 24.3 Å². The van der Waals surface area contributed by atoms with Gasteiger partial charge in [-0.15, -0.1) is 0 Å². The summed E-state index contributed by atoms with van der Waals surface area (Å²) in [6.07, 6.45) is 7.03. The lowest BCUT2D eigenvalue weighted by atomic mass is 9.94. The Bertz CT molecular complexity index is 1390. The second kappa shape index (κ2) is 11.5. The van der Waals surface area contributed by atoms with Gasteiger partial charge in [-0.05, 0) is 66.4 Å². The van der Waals surface area contributed by atoms with E-state index in [1.54, 1.807) is 43.5 Å². The normalized spacial score (nSPS) is 14.7. The fourth-order valence-electron chi connectivity index (χ4n) is 5.30. The first-order valence-electron chi connectivity index (χ1n) is 13.1. The van der Waals surface area contributed by atoms with Crippen molar-refractivity contribution in [3.8, 4) is 5.75 Å². The van der Waals surface area contributed by atoms with Crippen molar-refractivity contribution in [2.45, 2.75) is 50.6 Å². The number of anilines is 1. The Hall–Kier alpha value is -4.13. The molecule has 5 rings (SSSR count). The number of rotatable bonds is 8. The van der Waals surface area contributed by atoms with Crippen LogP contribution in [0.4, 0.5) is 10.1 Å². The highest BCUT2D eigenvalue weighted by Gasteiger charge is 2.34. The molecule has 1 atom stereocenters. The van der Waals surface area contributed by atoms with Crippen LogP contribution >= 0.6 is 0 Å². The van der Waals surface area contributed by atoms with E-state index in [1.807, 2.05) is 30.5 Å². The van der Waals surface area contributed by atoms with Crippen molar-refractivity contribution in [1.82, 2.24) is 10.3 Å². The van der Waals surface area contributed by atoms with Gasteiger partial charge in [0.15, 0.2) is 0 Å². The monoisotopic (exact) mass is 513 g/mol. The SMILES string of the molecule is COc1ccc(N(C(=O)Cc2c[nH]c3ccccc23)[C@@H](C(=O)NC2CCCCC2)c2ccc(F)cc2)cc1. The molecule has 0 aliphatic heterocycles. The summed E-state index contributed by atoms with van der Waals surface area (Å²) >= 11 is 0. The summed E-state index contributed by atoms with van der Waals surface area (Å²) < 4.78 is 19.2. The minimum Gasteiger partial charge on any atom is -0.497 e. The van der Waals surface area contributed by atoms with Gasteiger partial charge in [0.1, 0.15) is 17.6 Å². The summed E-state index contributed by atoms with van der Waals surface area (Å²) in [6.45, 7) is 0. The summed E-state index contributed by atoms with van der Waals surface area (Å²) in [5, 5.41) is 4.15. The Labute approximate surface area is 221 Å². The van der Waals surface area contributed by atoms with Crippen LogP contribution in [0, 0.1) is 5.82 Å². The van der Waals surface area contributed by atoms with Crippen LogP contribution in [-0.4, -0.2) is 29.9 Å². The topological polar surface area (TPSA) is 74.4 Å². The number of halogens is 1. The molecule has 0 unspecified atom stereocenters. The predicted molar refractivity (Wildman–Crippen MR) is 147 cm³/mol. The van der Waals surface area contributed by atoms with Crippen LogP contribution in [0.5, 0.6) is 5.75 Å². The molecule has 1 fully saturated rings. The summed E-state index contributed by atoms with van der Waals surface area (Å²) in [7, 11) is 1.58. The van der Waals surface area contributed by atoms with Crippen molar-refractivity contribution in [2.24, 2.45) is 0 Å². The Kier molecular flexibility index (Phi) is 7.73. The van der Waals surface area contributed by atoms with Crippen LogP contribution in [0.3, 0.4) is 0 Å². The highest BCUT2D eigenvalue weighted by atomic mass is 19.1. The third kappa shape index (κ3) is 5.57. The van der Waals surface area contributed by atoms with Gasteiger partial charge in [-0.25, -0.2) is 4.39 Å². The van der Waals surface area contributed by atoms with Crippen LogP contribution in [0.2, 0.25) is 0 Å². The number of H-pyrrole nitrogens is 1. The maximum absolute atomic E-state index is 14.1. The largest absolute Gasteiger partial charge is 0.497 e. The third-order valence-electron chi connectivity index (χ3n) is 7.28. The van der Waals surface area contributed by atoms with E-state index >= 15 is 0 Å². The number of aromatic nitrogens is 1. The first kappa shape index (κ1) is 25.5. The number of carbonyl (C=O) groups excluding carboxylic acids is 2. The van der Waals surface area contributed by atoms with Crippen molar-refractivity contribution in [3.05, 3.63) is 95.9 Å². The van der Waals surface area contributed by atoms with Gasteiger partial charge < -0.3 is 15.0 Å². The minimum atomic E-state index is -0.969. The number of carbonyl (C=O) groups is 2. The van der Waals surface area contributed by atoms with Gasteiger partial charge in [0.2, 0.25) is 11.8 Å². The Morgan fingerprint density at radius 3 is 2.42 bits per heavy atom. The van der Waals surface area contributed by atoms with Gasteiger partial charge in [-0.2, -0.15) is 0 Å². The van der Waals surface area contributed by atoms with Crippen LogP contribution in [0.1, 0.15) is 49.3 Å². The summed E-state index contributed by atoms with van der Waals surface area (Å²) in [5.41, 5.74) is 2.89. The Balaban J connectivity index is 1.55. The van der Waals surface area contributed by atoms with Gasteiger partial charge in [-0.3, -0.25) is 14.5 Å². The molecule has 7 heteroatoms. The van der Waals surface area contributed by atoms with Gasteiger partial charge in [0.05, 0.1) is 13.5 Å². The number of para-hydroxylation sites is 1. The van der Waals surface area contributed by atoms with Crippen LogP contribution in [0.15, 0.2) is 79.0 Å². The zero-order valence-corrected chi connectivity index (χ0v) is 21.5. The van der Waals surface area contributed by atoms with Crippen molar-refractivity contribution >= 4 is 28.4 Å². The van der Waals surface area contributed by atoms with Gasteiger partial charge in [0.25, 0.3) is 0 Å². The smallest absolute Gasteiger partial charge is 0.248 e. The molecule has 2 amide bonds. The van der Waals surface area contributed by atoms with Gasteiger partial charge >= 0.3 is 0 Å².